The molecule has 6 nitrogen and oxygen atoms in total. The summed E-state index contributed by atoms with van der Waals surface area (Å²) < 4.78 is 5.14. The maximum absolute atomic E-state index is 11.8. The molecule has 0 bridgehead atoms. The van der Waals surface area contributed by atoms with Gasteiger partial charge in [-0.3, -0.25) is 4.79 Å². The Bertz CT molecular complexity index is 719. The highest BCUT2D eigenvalue weighted by Crippen LogP contribution is 2.22. The van der Waals surface area contributed by atoms with Gasteiger partial charge >= 0.3 is 0 Å². The predicted octanol–water partition coefficient (Wildman–Crippen LogP) is 2.62. The Morgan fingerprint density at radius 3 is 2.78 bits per heavy atom. The SMILES string of the molecule is COc1ccccc1NC(=O)CON=C(N)c1cccc(Cl)c1. The van der Waals surface area contributed by atoms with E-state index in [1.54, 1.807) is 48.5 Å². The van der Waals surface area contributed by atoms with E-state index in [-0.39, 0.29) is 18.3 Å². The van der Waals surface area contributed by atoms with Crippen LogP contribution in [0.25, 0.3) is 0 Å². The van der Waals surface area contributed by atoms with Crippen LogP contribution in [-0.2, 0) is 9.63 Å². The minimum atomic E-state index is -0.378. The Balaban J connectivity index is 1.90. The van der Waals surface area contributed by atoms with E-state index in [0.717, 1.165) is 0 Å². The number of amides is 1. The second-order valence-corrected chi connectivity index (χ2v) is 4.95. The number of nitrogens with zero attached hydrogens (tertiary/aromatic N) is 1. The zero-order chi connectivity index (χ0) is 16.7. The number of oxime groups is 1. The number of benzene rings is 2. The number of carbonyl (C=O) groups excluding carboxylic acids is 1. The van der Waals surface area contributed by atoms with Crippen LogP contribution >= 0.6 is 11.6 Å². The summed E-state index contributed by atoms with van der Waals surface area (Å²) >= 11 is 5.86. The van der Waals surface area contributed by atoms with Crippen LogP contribution in [0, 0.1) is 0 Å². The zero-order valence-electron chi connectivity index (χ0n) is 12.5. The van der Waals surface area contributed by atoms with Crippen LogP contribution in [0.3, 0.4) is 0 Å². The van der Waals surface area contributed by atoms with Gasteiger partial charge < -0.3 is 20.6 Å². The first-order chi connectivity index (χ1) is 11.1. The van der Waals surface area contributed by atoms with Crippen molar-refractivity contribution in [3.63, 3.8) is 0 Å². The normalized spacial score (nSPS) is 11.0. The first kappa shape index (κ1) is 16.6. The van der Waals surface area contributed by atoms with Gasteiger partial charge in [0.15, 0.2) is 12.4 Å². The van der Waals surface area contributed by atoms with Crippen LogP contribution in [0.1, 0.15) is 5.56 Å². The van der Waals surface area contributed by atoms with Gasteiger partial charge in [0.05, 0.1) is 12.8 Å². The van der Waals surface area contributed by atoms with E-state index in [1.165, 1.54) is 7.11 Å². The minimum absolute atomic E-state index is 0.137. The highest BCUT2D eigenvalue weighted by Gasteiger charge is 2.07. The molecule has 1 amide bonds. The lowest BCUT2D eigenvalue weighted by molar-refractivity contribution is -0.120. The Labute approximate surface area is 138 Å². The molecule has 0 spiro atoms. The molecule has 0 aliphatic heterocycles. The van der Waals surface area contributed by atoms with Crippen molar-refractivity contribution in [2.24, 2.45) is 10.9 Å². The molecule has 0 fully saturated rings. The number of ether oxygens (including phenoxy) is 1. The van der Waals surface area contributed by atoms with E-state index in [0.29, 0.717) is 22.0 Å². The highest BCUT2D eigenvalue weighted by atomic mass is 35.5. The molecule has 23 heavy (non-hydrogen) atoms. The summed E-state index contributed by atoms with van der Waals surface area (Å²) in [6, 6.07) is 13.9. The van der Waals surface area contributed by atoms with Crippen molar-refractivity contribution in [3.8, 4) is 5.75 Å². The first-order valence-corrected chi connectivity index (χ1v) is 7.12. The Morgan fingerprint density at radius 2 is 2.04 bits per heavy atom. The Morgan fingerprint density at radius 1 is 1.26 bits per heavy atom. The molecule has 0 heterocycles. The maximum atomic E-state index is 11.8. The van der Waals surface area contributed by atoms with Crippen molar-refractivity contribution in [2.45, 2.75) is 0 Å². The Kier molecular flexibility index (Phi) is 5.82. The topological polar surface area (TPSA) is 85.9 Å². The maximum Gasteiger partial charge on any atom is 0.265 e. The van der Waals surface area contributed by atoms with Crippen molar-refractivity contribution >= 4 is 29.0 Å². The lowest BCUT2D eigenvalue weighted by Crippen LogP contribution is -2.19. The lowest BCUT2D eigenvalue weighted by atomic mass is 10.2. The Hall–Kier alpha value is -2.73. The van der Waals surface area contributed by atoms with Gasteiger partial charge in [-0.25, -0.2) is 0 Å². The molecule has 0 saturated heterocycles. The molecule has 0 atom stereocenters. The van der Waals surface area contributed by atoms with E-state index in [2.05, 4.69) is 10.5 Å². The summed E-state index contributed by atoms with van der Waals surface area (Å²) in [7, 11) is 1.53. The number of hydrogen-bond acceptors (Lipinski definition) is 4. The molecule has 0 unspecified atom stereocenters. The van der Waals surface area contributed by atoms with Crippen LogP contribution in [0.15, 0.2) is 53.7 Å². The third-order valence-electron chi connectivity index (χ3n) is 2.86. The van der Waals surface area contributed by atoms with Gasteiger partial charge in [0.1, 0.15) is 5.75 Å². The van der Waals surface area contributed by atoms with Gasteiger partial charge in [-0.2, -0.15) is 0 Å². The fourth-order valence-electron chi connectivity index (χ4n) is 1.80. The standard InChI is InChI=1S/C16H16ClN3O3/c1-22-14-8-3-2-7-13(14)19-15(21)10-23-20-16(18)11-5-4-6-12(17)9-11/h2-9H,10H2,1H3,(H2,18,20)(H,19,21). The number of amidine groups is 1. The average Bonchev–Trinajstić information content (AvgIpc) is 2.55. The summed E-state index contributed by atoms with van der Waals surface area (Å²) in [6.45, 7) is -0.278. The highest BCUT2D eigenvalue weighted by molar-refractivity contribution is 6.31. The van der Waals surface area contributed by atoms with E-state index in [4.69, 9.17) is 26.9 Å². The van der Waals surface area contributed by atoms with Crippen molar-refractivity contribution in [1.82, 2.24) is 0 Å². The zero-order valence-corrected chi connectivity index (χ0v) is 13.2. The number of halogens is 1. The van der Waals surface area contributed by atoms with Crippen LogP contribution in [0.5, 0.6) is 5.75 Å². The average molecular weight is 334 g/mol. The molecule has 0 aromatic heterocycles. The third-order valence-corrected chi connectivity index (χ3v) is 3.10. The van der Waals surface area contributed by atoms with Crippen molar-refractivity contribution in [3.05, 3.63) is 59.1 Å². The number of methoxy groups -OCH3 is 1. The van der Waals surface area contributed by atoms with Gasteiger partial charge in [-0.05, 0) is 24.3 Å². The molecule has 0 aliphatic carbocycles. The molecule has 2 aromatic rings. The van der Waals surface area contributed by atoms with Gasteiger partial charge in [0.25, 0.3) is 5.91 Å². The predicted molar refractivity (Wildman–Crippen MR) is 89.8 cm³/mol. The first-order valence-electron chi connectivity index (χ1n) is 6.74. The summed E-state index contributed by atoms with van der Waals surface area (Å²) in [6.07, 6.45) is 0. The van der Waals surface area contributed by atoms with Crippen LogP contribution in [0.4, 0.5) is 5.69 Å². The molecule has 2 rings (SSSR count). The molecular formula is C16H16ClN3O3. The molecule has 120 valence electrons. The molecule has 0 aliphatic rings. The second kappa shape index (κ2) is 8.05. The van der Waals surface area contributed by atoms with Gasteiger partial charge in [0, 0.05) is 10.6 Å². The lowest BCUT2D eigenvalue weighted by Gasteiger charge is -2.09. The van der Waals surface area contributed by atoms with E-state index < -0.39 is 0 Å². The molecular weight excluding hydrogens is 318 g/mol. The number of rotatable bonds is 6. The molecule has 7 heteroatoms. The van der Waals surface area contributed by atoms with Crippen LogP contribution < -0.4 is 15.8 Å². The van der Waals surface area contributed by atoms with Gasteiger partial charge in [0.2, 0.25) is 0 Å². The van der Waals surface area contributed by atoms with Gasteiger partial charge in [-0.1, -0.05) is 41.0 Å². The number of para-hydroxylation sites is 2. The number of anilines is 1. The molecule has 0 saturated carbocycles. The second-order valence-electron chi connectivity index (χ2n) is 4.51. The van der Waals surface area contributed by atoms with E-state index in [9.17, 15) is 4.79 Å². The fourth-order valence-corrected chi connectivity index (χ4v) is 1.99. The molecule has 2 aromatic carbocycles. The van der Waals surface area contributed by atoms with Crippen LogP contribution in [0.2, 0.25) is 5.02 Å². The summed E-state index contributed by atoms with van der Waals surface area (Å²) in [5.74, 6) is 0.317. The van der Waals surface area contributed by atoms with E-state index >= 15 is 0 Å². The largest absolute Gasteiger partial charge is 0.495 e. The summed E-state index contributed by atoms with van der Waals surface area (Å²) in [5, 5.41) is 6.90. The van der Waals surface area contributed by atoms with Crippen LogP contribution in [-0.4, -0.2) is 25.5 Å². The molecule has 3 N–H and O–H groups in total. The number of carbonyl (C=O) groups is 1. The molecule has 0 radical (unpaired) electrons. The fraction of sp³-hybridized carbons (Fsp3) is 0.125. The quantitative estimate of drug-likeness (QED) is 0.483. The van der Waals surface area contributed by atoms with Crippen molar-refractivity contribution in [1.29, 1.82) is 0 Å². The number of hydrogen-bond donors (Lipinski definition) is 2. The minimum Gasteiger partial charge on any atom is -0.495 e. The van der Waals surface area contributed by atoms with E-state index in [1.807, 2.05) is 0 Å². The van der Waals surface area contributed by atoms with Crippen molar-refractivity contribution < 1.29 is 14.4 Å². The summed E-state index contributed by atoms with van der Waals surface area (Å²) in [5.41, 5.74) is 6.93. The number of nitrogens with two attached hydrogens (primary N) is 1. The monoisotopic (exact) mass is 333 g/mol. The third kappa shape index (κ3) is 4.89. The number of nitrogens with one attached hydrogen (secondary N) is 1. The van der Waals surface area contributed by atoms with Gasteiger partial charge in [-0.15, -0.1) is 0 Å². The van der Waals surface area contributed by atoms with Crippen molar-refractivity contribution in [2.75, 3.05) is 19.0 Å². The summed E-state index contributed by atoms with van der Waals surface area (Å²) in [4.78, 5) is 16.8. The smallest absolute Gasteiger partial charge is 0.265 e.